The second kappa shape index (κ2) is 6.38. The molecule has 0 saturated heterocycles. The van der Waals surface area contributed by atoms with Crippen LogP contribution in [0.25, 0.3) is 0 Å². The number of aryl methyl sites for hydroxylation is 1. The molecule has 6 heteroatoms. The topological polar surface area (TPSA) is 69.4 Å². The largest absolute Gasteiger partial charge is 0.493 e. The molecule has 0 aliphatic heterocycles. The van der Waals surface area contributed by atoms with Crippen LogP contribution in [0.15, 0.2) is 22.7 Å². The van der Waals surface area contributed by atoms with Gasteiger partial charge in [-0.2, -0.15) is 4.98 Å². The fourth-order valence-electron chi connectivity index (χ4n) is 1.78. The van der Waals surface area contributed by atoms with E-state index in [0.29, 0.717) is 23.2 Å². The van der Waals surface area contributed by atoms with E-state index >= 15 is 0 Å². The van der Waals surface area contributed by atoms with E-state index in [-0.39, 0.29) is 12.6 Å². The van der Waals surface area contributed by atoms with Crippen molar-refractivity contribution >= 4 is 0 Å². The number of aromatic nitrogens is 2. The van der Waals surface area contributed by atoms with Crippen LogP contribution in [0.3, 0.4) is 0 Å². The molecular weight excluding hydrogens is 258 g/mol. The molecule has 2 rings (SSSR count). The molecule has 6 nitrogen and oxygen atoms in total. The summed E-state index contributed by atoms with van der Waals surface area (Å²) < 4.78 is 16.0. The lowest BCUT2D eigenvalue weighted by atomic mass is 10.1. The Morgan fingerprint density at radius 3 is 2.75 bits per heavy atom. The van der Waals surface area contributed by atoms with Gasteiger partial charge in [-0.1, -0.05) is 11.2 Å². The predicted molar refractivity (Wildman–Crippen MR) is 73.8 cm³/mol. The van der Waals surface area contributed by atoms with E-state index < -0.39 is 0 Å². The van der Waals surface area contributed by atoms with Crippen molar-refractivity contribution in [2.24, 2.45) is 0 Å². The molecule has 0 fully saturated rings. The van der Waals surface area contributed by atoms with Gasteiger partial charge in [0.1, 0.15) is 0 Å². The molecule has 0 aliphatic carbocycles. The number of hydrogen-bond acceptors (Lipinski definition) is 6. The summed E-state index contributed by atoms with van der Waals surface area (Å²) in [4.78, 5) is 4.09. The number of rotatable bonds is 6. The predicted octanol–water partition coefficient (Wildman–Crippen LogP) is 2.25. The zero-order valence-electron chi connectivity index (χ0n) is 12.1. The first-order valence-corrected chi connectivity index (χ1v) is 6.41. The molecule has 0 spiro atoms. The van der Waals surface area contributed by atoms with Gasteiger partial charge in [0, 0.05) is 6.04 Å². The molecule has 1 aromatic heterocycles. The summed E-state index contributed by atoms with van der Waals surface area (Å²) in [5.41, 5.74) is 1.13. The van der Waals surface area contributed by atoms with E-state index in [9.17, 15) is 0 Å². The van der Waals surface area contributed by atoms with Crippen molar-refractivity contribution in [3.8, 4) is 11.5 Å². The van der Waals surface area contributed by atoms with Crippen LogP contribution in [0.4, 0.5) is 0 Å². The SMILES string of the molecule is CNC(C)c1ccc(OCc2nc(C)no2)c(OC)c1. The van der Waals surface area contributed by atoms with Gasteiger partial charge in [0.15, 0.2) is 23.9 Å². The van der Waals surface area contributed by atoms with Gasteiger partial charge >= 0.3 is 0 Å². The molecule has 0 aliphatic rings. The number of benzene rings is 1. The minimum absolute atomic E-state index is 0.220. The molecule has 0 radical (unpaired) electrons. The Bertz CT molecular complexity index is 569. The average Bonchev–Trinajstić information content (AvgIpc) is 2.89. The Morgan fingerprint density at radius 1 is 1.35 bits per heavy atom. The normalized spacial score (nSPS) is 12.2. The molecular formula is C14H19N3O3. The number of methoxy groups -OCH3 is 1. The highest BCUT2D eigenvalue weighted by Gasteiger charge is 2.11. The van der Waals surface area contributed by atoms with Crippen molar-refractivity contribution in [3.05, 3.63) is 35.5 Å². The van der Waals surface area contributed by atoms with Crippen molar-refractivity contribution in [3.63, 3.8) is 0 Å². The van der Waals surface area contributed by atoms with Crippen molar-refractivity contribution < 1.29 is 14.0 Å². The van der Waals surface area contributed by atoms with Crippen LogP contribution in [0.5, 0.6) is 11.5 Å². The van der Waals surface area contributed by atoms with Crippen LogP contribution in [0, 0.1) is 6.92 Å². The molecule has 1 N–H and O–H groups in total. The lowest BCUT2D eigenvalue weighted by molar-refractivity contribution is 0.233. The van der Waals surface area contributed by atoms with E-state index in [4.69, 9.17) is 14.0 Å². The van der Waals surface area contributed by atoms with E-state index in [2.05, 4.69) is 22.4 Å². The zero-order chi connectivity index (χ0) is 14.5. The molecule has 2 aromatic rings. The van der Waals surface area contributed by atoms with E-state index in [1.165, 1.54) is 0 Å². The standard InChI is InChI=1S/C14H19N3O3/c1-9(15-3)11-5-6-12(13(7-11)18-4)19-8-14-16-10(2)17-20-14/h5-7,9,15H,8H2,1-4H3. The smallest absolute Gasteiger partial charge is 0.264 e. The maximum atomic E-state index is 5.65. The maximum absolute atomic E-state index is 5.65. The molecule has 1 aromatic carbocycles. The van der Waals surface area contributed by atoms with Crippen molar-refractivity contribution in [1.82, 2.24) is 15.5 Å². The fraction of sp³-hybridized carbons (Fsp3) is 0.429. The quantitative estimate of drug-likeness (QED) is 0.873. The Hall–Kier alpha value is -2.08. The first kappa shape index (κ1) is 14.3. The second-order valence-corrected chi connectivity index (χ2v) is 4.44. The number of ether oxygens (including phenoxy) is 2. The summed E-state index contributed by atoms with van der Waals surface area (Å²) in [6, 6.07) is 6.08. The first-order chi connectivity index (χ1) is 9.63. The van der Waals surface area contributed by atoms with E-state index in [1.54, 1.807) is 14.0 Å². The number of nitrogens with zero attached hydrogens (tertiary/aromatic N) is 2. The average molecular weight is 277 g/mol. The van der Waals surface area contributed by atoms with Gasteiger partial charge in [-0.05, 0) is 38.6 Å². The summed E-state index contributed by atoms with van der Waals surface area (Å²) >= 11 is 0. The third-order valence-electron chi connectivity index (χ3n) is 3.04. The summed E-state index contributed by atoms with van der Waals surface area (Å²) in [7, 11) is 3.53. The molecule has 1 heterocycles. The number of hydrogen-bond donors (Lipinski definition) is 1. The molecule has 0 bridgehead atoms. The second-order valence-electron chi connectivity index (χ2n) is 4.44. The third-order valence-corrected chi connectivity index (χ3v) is 3.04. The minimum Gasteiger partial charge on any atom is -0.493 e. The maximum Gasteiger partial charge on any atom is 0.264 e. The van der Waals surface area contributed by atoms with Gasteiger partial charge in [-0.25, -0.2) is 0 Å². The fourth-order valence-corrected chi connectivity index (χ4v) is 1.78. The van der Waals surface area contributed by atoms with Gasteiger partial charge in [-0.15, -0.1) is 0 Å². The highest BCUT2D eigenvalue weighted by atomic mass is 16.5. The summed E-state index contributed by atoms with van der Waals surface area (Å²) in [5, 5.41) is 6.90. The van der Waals surface area contributed by atoms with Crippen molar-refractivity contribution in [2.45, 2.75) is 26.5 Å². The molecule has 1 unspecified atom stereocenters. The van der Waals surface area contributed by atoms with Crippen LogP contribution in [-0.2, 0) is 6.61 Å². The third kappa shape index (κ3) is 3.27. The Balaban J connectivity index is 2.11. The van der Waals surface area contributed by atoms with Crippen molar-refractivity contribution in [1.29, 1.82) is 0 Å². The van der Waals surface area contributed by atoms with Crippen LogP contribution in [-0.4, -0.2) is 24.3 Å². The van der Waals surface area contributed by atoms with E-state index in [1.807, 2.05) is 25.2 Å². The molecule has 1 atom stereocenters. The van der Waals surface area contributed by atoms with E-state index in [0.717, 1.165) is 5.56 Å². The van der Waals surface area contributed by atoms with Gasteiger partial charge in [0.05, 0.1) is 7.11 Å². The van der Waals surface area contributed by atoms with Crippen LogP contribution >= 0.6 is 0 Å². The zero-order valence-corrected chi connectivity index (χ0v) is 12.1. The summed E-state index contributed by atoms with van der Waals surface area (Å²) in [5.74, 6) is 2.36. The lowest BCUT2D eigenvalue weighted by Crippen LogP contribution is -2.12. The highest BCUT2D eigenvalue weighted by molar-refractivity contribution is 5.43. The monoisotopic (exact) mass is 277 g/mol. The van der Waals surface area contributed by atoms with Gasteiger partial charge in [-0.3, -0.25) is 0 Å². The van der Waals surface area contributed by atoms with Gasteiger partial charge in [0.2, 0.25) is 0 Å². The van der Waals surface area contributed by atoms with Gasteiger partial charge < -0.3 is 19.3 Å². The Labute approximate surface area is 118 Å². The molecule has 20 heavy (non-hydrogen) atoms. The Kier molecular flexibility index (Phi) is 4.57. The molecule has 0 saturated carbocycles. The Morgan fingerprint density at radius 2 is 2.15 bits per heavy atom. The summed E-state index contributed by atoms with van der Waals surface area (Å²) in [6.07, 6.45) is 0. The van der Waals surface area contributed by atoms with Gasteiger partial charge in [0.25, 0.3) is 5.89 Å². The van der Waals surface area contributed by atoms with Crippen LogP contribution in [0.1, 0.15) is 30.2 Å². The first-order valence-electron chi connectivity index (χ1n) is 6.41. The minimum atomic E-state index is 0.220. The summed E-state index contributed by atoms with van der Waals surface area (Å²) in [6.45, 7) is 4.07. The highest BCUT2D eigenvalue weighted by Crippen LogP contribution is 2.30. The van der Waals surface area contributed by atoms with Crippen molar-refractivity contribution in [2.75, 3.05) is 14.2 Å². The molecule has 108 valence electrons. The van der Waals surface area contributed by atoms with Crippen LogP contribution < -0.4 is 14.8 Å². The number of nitrogens with one attached hydrogen (secondary N) is 1. The van der Waals surface area contributed by atoms with Crippen LogP contribution in [0.2, 0.25) is 0 Å². The molecule has 0 amide bonds. The lowest BCUT2D eigenvalue weighted by Gasteiger charge is -2.14.